The van der Waals surface area contributed by atoms with Crippen molar-refractivity contribution >= 4 is 29.2 Å². The Kier molecular flexibility index (Phi) is 8.35. The van der Waals surface area contributed by atoms with Gasteiger partial charge in [-0.05, 0) is 23.6 Å². The number of benzene rings is 1. The van der Waals surface area contributed by atoms with E-state index in [1.54, 1.807) is 0 Å². The molecule has 3 aliphatic heterocycles. The minimum Gasteiger partial charge on any atom is -0.378 e. The van der Waals surface area contributed by atoms with Crippen molar-refractivity contribution in [1.82, 2.24) is 20.0 Å². The number of urea groups is 1. The van der Waals surface area contributed by atoms with E-state index >= 15 is 0 Å². The number of ether oxygens (including phenoxy) is 1. The largest absolute Gasteiger partial charge is 0.378 e. The predicted octanol–water partition coefficient (Wildman–Crippen LogP) is 1.68. The number of carbonyl (C=O) groups excluding carboxylic acids is 3. The first-order chi connectivity index (χ1) is 17.2. The molecule has 4 amide bonds. The van der Waals surface area contributed by atoms with Gasteiger partial charge < -0.3 is 35.0 Å². The Morgan fingerprint density at radius 2 is 1.53 bits per heavy atom. The molecule has 2 N–H and O–H groups in total. The molecule has 1 aromatic carbocycles. The average Bonchev–Trinajstić information content (AvgIpc) is 2.88. The van der Waals surface area contributed by atoms with Crippen LogP contribution in [0.4, 0.5) is 16.2 Å². The van der Waals surface area contributed by atoms with Crippen LogP contribution in [0, 0.1) is 5.41 Å². The van der Waals surface area contributed by atoms with Gasteiger partial charge in [-0.2, -0.15) is 0 Å². The molecule has 4 rings (SSSR count). The SMILES string of the molecule is CC(C)(C)CC(=O)Nc1cc(C(=O)N2CCNCC2)ccc1N1CCN(C(=O)N2CCOCC2)CC1. The normalized spacial score (nSPS) is 19.3. The van der Waals surface area contributed by atoms with Gasteiger partial charge in [0.05, 0.1) is 24.6 Å². The minimum absolute atomic E-state index is 0.0182. The van der Waals surface area contributed by atoms with Gasteiger partial charge in [-0.3, -0.25) is 9.59 Å². The van der Waals surface area contributed by atoms with Gasteiger partial charge in [0.15, 0.2) is 0 Å². The van der Waals surface area contributed by atoms with Gasteiger partial charge in [-0.1, -0.05) is 20.8 Å². The van der Waals surface area contributed by atoms with Crippen LogP contribution >= 0.6 is 0 Å². The summed E-state index contributed by atoms with van der Waals surface area (Å²) in [6, 6.07) is 5.66. The summed E-state index contributed by atoms with van der Waals surface area (Å²) in [5, 5.41) is 6.35. The lowest BCUT2D eigenvalue weighted by Crippen LogP contribution is -2.55. The van der Waals surface area contributed by atoms with Crippen molar-refractivity contribution in [3.63, 3.8) is 0 Å². The molecule has 0 spiro atoms. The van der Waals surface area contributed by atoms with E-state index in [1.165, 1.54) is 0 Å². The van der Waals surface area contributed by atoms with E-state index in [-0.39, 0.29) is 23.3 Å². The summed E-state index contributed by atoms with van der Waals surface area (Å²) in [6.45, 7) is 14.0. The Morgan fingerprint density at radius 1 is 0.889 bits per heavy atom. The number of morpholine rings is 1. The van der Waals surface area contributed by atoms with Gasteiger partial charge in [0.1, 0.15) is 0 Å². The molecule has 0 aromatic heterocycles. The molecule has 3 fully saturated rings. The lowest BCUT2D eigenvalue weighted by atomic mass is 9.92. The highest BCUT2D eigenvalue weighted by Crippen LogP contribution is 2.30. The van der Waals surface area contributed by atoms with Crippen LogP contribution in [0.2, 0.25) is 0 Å². The molecule has 0 bridgehead atoms. The van der Waals surface area contributed by atoms with Gasteiger partial charge in [-0.15, -0.1) is 0 Å². The van der Waals surface area contributed by atoms with Crippen molar-refractivity contribution in [2.24, 2.45) is 5.41 Å². The summed E-state index contributed by atoms with van der Waals surface area (Å²) in [5.74, 6) is -0.0908. The van der Waals surface area contributed by atoms with Gasteiger partial charge >= 0.3 is 6.03 Å². The molecule has 0 radical (unpaired) electrons. The molecule has 0 saturated carbocycles. The number of hydrogen-bond acceptors (Lipinski definition) is 6. The monoisotopic (exact) mass is 500 g/mol. The maximum atomic E-state index is 13.1. The number of amides is 4. The third-order valence-corrected chi connectivity index (χ3v) is 6.79. The lowest BCUT2D eigenvalue weighted by Gasteiger charge is -2.40. The van der Waals surface area contributed by atoms with Crippen molar-refractivity contribution in [3.8, 4) is 0 Å². The molecule has 10 nitrogen and oxygen atoms in total. The number of carbonyl (C=O) groups is 3. The van der Waals surface area contributed by atoms with E-state index in [0.29, 0.717) is 83.2 Å². The summed E-state index contributed by atoms with van der Waals surface area (Å²) < 4.78 is 5.37. The van der Waals surface area contributed by atoms with Crippen LogP contribution in [0.3, 0.4) is 0 Å². The topological polar surface area (TPSA) is 97.5 Å². The van der Waals surface area contributed by atoms with Crippen LogP contribution in [0.1, 0.15) is 37.6 Å². The Balaban J connectivity index is 1.49. The number of nitrogens with one attached hydrogen (secondary N) is 2. The molecular weight excluding hydrogens is 460 g/mol. The predicted molar refractivity (Wildman–Crippen MR) is 139 cm³/mol. The lowest BCUT2D eigenvalue weighted by molar-refractivity contribution is -0.117. The molecule has 10 heteroatoms. The molecule has 1 aromatic rings. The van der Waals surface area contributed by atoms with E-state index < -0.39 is 0 Å². The number of piperazine rings is 2. The molecule has 0 atom stereocenters. The van der Waals surface area contributed by atoms with Crippen molar-refractivity contribution < 1.29 is 19.1 Å². The number of hydrogen-bond donors (Lipinski definition) is 2. The van der Waals surface area contributed by atoms with Crippen LogP contribution in [0.5, 0.6) is 0 Å². The zero-order chi connectivity index (χ0) is 25.7. The van der Waals surface area contributed by atoms with Gasteiger partial charge in [0, 0.05) is 77.4 Å². The molecule has 0 aliphatic carbocycles. The molecule has 3 saturated heterocycles. The van der Waals surface area contributed by atoms with E-state index in [0.717, 1.165) is 18.8 Å². The highest BCUT2D eigenvalue weighted by Gasteiger charge is 2.28. The first kappa shape index (κ1) is 26.2. The number of rotatable bonds is 4. The maximum absolute atomic E-state index is 13.1. The quantitative estimate of drug-likeness (QED) is 0.653. The van der Waals surface area contributed by atoms with E-state index in [9.17, 15) is 14.4 Å². The second kappa shape index (κ2) is 11.5. The molecule has 198 valence electrons. The van der Waals surface area contributed by atoms with E-state index in [1.807, 2.05) is 53.7 Å². The standard InChI is InChI=1S/C26H40N6O4/c1-26(2,3)19-23(33)28-21-18-20(24(34)30-8-6-27-7-9-30)4-5-22(21)29-10-12-31(13-11-29)25(35)32-14-16-36-17-15-32/h4-5,18,27H,6-17,19H2,1-3H3,(H,28,33). The Hall–Kier alpha value is -2.85. The molecular formula is C26H40N6O4. The van der Waals surface area contributed by atoms with Gasteiger partial charge in [0.25, 0.3) is 5.91 Å². The third kappa shape index (κ3) is 6.67. The maximum Gasteiger partial charge on any atom is 0.320 e. The van der Waals surface area contributed by atoms with Crippen molar-refractivity contribution in [2.45, 2.75) is 27.2 Å². The zero-order valence-corrected chi connectivity index (χ0v) is 21.8. The van der Waals surface area contributed by atoms with Crippen molar-refractivity contribution in [2.75, 3.05) is 88.9 Å². The Labute approximate surface area is 213 Å². The second-order valence-electron chi connectivity index (χ2n) is 10.9. The minimum atomic E-state index is -0.149. The van der Waals surface area contributed by atoms with Crippen LogP contribution in [0.25, 0.3) is 0 Å². The highest BCUT2D eigenvalue weighted by atomic mass is 16.5. The van der Waals surface area contributed by atoms with Crippen LogP contribution in [-0.2, 0) is 9.53 Å². The fourth-order valence-electron chi connectivity index (χ4n) is 4.86. The average molecular weight is 501 g/mol. The summed E-state index contributed by atoms with van der Waals surface area (Å²) in [4.78, 5) is 46.7. The molecule has 3 aliphatic rings. The fraction of sp³-hybridized carbons (Fsp3) is 0.654. The summed E-state index contributed by atoms with van der Waals surface area (Å²) in [7, 11) is 0. The van der Waals surface area contributed by atoms with E-state index in [2.05, 4.69) is 15.5 Å². The van der Waals surface area contributed by atoms with Crippen LogP contribution in [0.15, 0.2) is 18.2 Å². The Morgan fingerprint density at radius 3 is 2.17 bits per heavy atom. The Bertz CT molecular complexity index is 942. The van der Waals surface area contributed by atoms with Crippen LogP contribution < -0.4 is 15.5 Å². The van der Waals surface area contributed by atoms with Crippen LogP contribution in [-0.4, -0.2) is 111 Å². The zero-order valence-electron chi connectivity index (χ0n) is 21.8. The first-order valence-corrected chi connectivity index (χ1v) is 13.0. The molecule has 0 unspecified atom stereocenters. The first-order valence-electron chi connectivity index (χ1n) is 13.0. The fourth-order valence-corrected chi connectivity index (χ4v) is 4.86. The molecule has 36 heavy (non-hydrogen) atoms. The number of anilines is 2. The van der Waals surface area contributed by atoms with E-state index in [4.69, 9.17) is 4.74 Å². The highest BCUT2D eigenvalue weighted by molar-refractivity contribution is 6.00. The van der Waals surface area contributed by atoms with Crippen molar-refractivity contribution in [3.05, 3.63) is 23.8 Å². The van der Waals surface area contributed by atoms with Gasteiger partial charge in [0.2, 0.25) is 5.91 Å². The van der Waals surface area contributed by atoms with Crippen molar-refractivity contribution in [1.29, 1.82) is 0 Å². The summed E-state index contributed by atoms with van der Waals surface area (Å²) in [5.41, 5.74) is 1.96. The summed E-state index contributed by atoms with van der Waals surface area (Å²) in [6.07, 6.45) is 0.379. The number of nitrogens with zero attached hydrogens (tertiary/aromatic N) is 4. The summed E-state index contributed by atoms with van der Waals surface area (Å²) >= 11 is 0. The van der Waals surface area contributed by atoms with Gasteiger partial charge in [-0.25, -0.2) is 4.79 Å². The molecule has 3 heterocycles. The second-order valence-corrected chi connectivity index (χ2v) is 10.9. The smallest absolute Gasteiger partial charge is 0.320 e. The third-order valence-electron chi connectivity index (χ3n) is 6.79.